The molecule has 2 N–H and O–H groups in total. The second-order valence-electron chi connectivity index (χ2n) is 4.49. The minimum absolute atomic E-state index is 0.171. The molecule has 18 heavy (non-hydrogen) atoms. The molecule has 2 nitrogen and oxygen atoms in total. The van der Waals surface area contributed by atoms with Gasteiger partial charge >= 0.3 is 0 Å². The normalized spacial score (nSPS) is 14.5. The van der Waals surface area contributed by atoms with Gasteiger partial charge in [0, 0.05) is 21.7 Å². The lowest BCUT2D eigenvalue weighted by atomic mass is 10.2. The monoisotopic (exact) mass is 287 g/mol. The summed E-state index contributed by atoms with van der Waals surface area (Å²) in [5.74, 6) is 0. The van der Waals surface area contributed by atoms with Gasteiger partial charge in [0.05, 0.1) is 6.10 Å². The number of aliphatic hydroxyl groups excluding tert-OH is 1. The van der Waals surface area contributed by atoms with Crippen molar-refractivity contribution in [2.24, 2.45) is 0 Å². The predicted octanol–water partition coefficient (Wildman–Crippen LogP) is 3.70. The van der Waals surface area contributed by atoms with Crippen LogP contribution in [-0.2, 0) is 6.54 Å². The zero-order valence-electron chi connectivity index (χ0n) is 11.2. The smallest absolute Gasteiger partial charge is 0.0631 e. The van der Waals surface area contributed by atoms with Crippen LogP contribution >= 0.6 is 23.4 Å². The van der Waals surface area contributed by atoms with Crippen LogP contribution in [0.3, 0.4) is 0 Å². The fourth-order valence-corrected chi connectivity index (χ4v) is 2.73. The highest BCUT2D eigenvalue weighted by molar-refractivity contribution is 8.00. The number of thioether (sulfide) groups is 1. The Morgan fingerprint density at radius 2 is 2.11 bits per heavy atom. The number of hydrogen-bond donors (Lipinski definition) is 2. The summed E-state index contributed by atoms with van der Waals surface area (Å²) in [6.45, 7) is 7.78. The molecular formula is C14H22ClNOS. The molecule has 1 aromatic carbocycles. The maximum atomic E-state index is 9.49. The summed E-state index contributed by atoms with van der Waals surface area (Å²) in [5, 5.41) is 13.8. The summed E-state index contributed by atoms with van der Waals surface area (Å²) in [4.78, 5) is 1.10. The van der Waals surface area contributed by atoms with Gasteiger partial charge in [-0.1, -0.05) is 31.5 Å². The van der Waals surface area contributed by atoms with Gasteiger partial charge in [-0.3, -0.25) is 0 Å². The van der Waals surface area contributed by atoms with Gasteiger partial charge in [0.1, 0.15) is 0 Å². The number of hydrogen-bond acceptors (Lipinski definition) is 3. The van der Waals surface area contributed by atoms with Crippen molar-refractivity contribution >= 4 is 23.4 Å². The Morgan fingerprint density at radius 3 is 2.67 bits per heavy atom. The first kappa shape index (κ1) is 15.8. The third-order valence-electron chi connectivity index (χ3n) is 2.77. The molecule has 0 bridgehead atoms. The van der Waals surface area contributed by atoms with Gasteiger partial charge in [0.25, 0.3) is 0 Å². The van der Waals surface area contributed by atoms with E-state index in [-0.39, 0.29) is 11.4 Å². The summed E-state index contributed by atoms with van der Waals surface area (Å²) in [6.07, 6.45) is 0.803. The molecule has 0 aliphatic rings. The van der Waals surface area contributed by atoms with E-state index in [1.807, 2.05) is 19.9 Å². The van der Waals surface area contributed by atoms with E-state index < -0.39 is 0 Å². The van der Waals surface area contributed by atoms with Gasteiger partial charge in [-0.2, -0.15) is 0 Å². The lowest BCUT2D eigenvalue weighted by Crippen LogP contribution is -2.15. The summed E-state index contributed by atoms with van der Waals surface area (Å²) < 4.78 is 0. The summed E-state index contributed by atoms with van der Waals surface area (Å²) in [7, 11) is 0. The number of halogens is 1. The van der Waals surface area contributed by atoms with Crippen molar-refractivity contribution in [1.29, 1.82) is 0 Å². The van der Waals surface area contributed by atoms with Crippen LogP contribution < -0.4 is 5.32 Å². The first-order valence-electron chi connectivity index (χ1n) is 6.38. The molecule has 0 saturated carbocycles. The van der Waals surface area contributed by atoms with E-state index in [9.17, 15) is 5.11 Å². The van der Waals surface area contributed by atoms with Crippen LogP contribution in [0.2, 0.25) is 5.02 Å². The van der Waals surface area contributed by atoms with Crippen LogP contribution in [0, 0.1) is 0 Å². The van der Waals surface area contributed by atoms with Crippen LogP contribution in [0.5, 0.6) is 0 Å². The highest BCUT2D eigenvalue weighted by Crippen LogP contribution is 2.29. The van der Waals surface area contributed by atoms with E-state index in [1.165, 1.54) is 0 Å². The molecule has 0 aliphatic heterocycles. The topological polar surface area (TPSA) is 32.3 Å². The lowest BCUT2D eigenvalue weighted by molar-refractivity contribution is 0.196. The largest absolute Gasteiger partial charge is 0.392 e. The second kappa shape index (κ2) is 8.05. The van der Waals surface area contributed by atoms with Gasteiger partial charge in [-0.25, -0.2) is 0 Å². The number of aliphatic hydroxyl groups is 1. The van der Waals surface area contributed by atoms with Crippen molar-refractivity contribution in [3.8, 4) is 0 Å². The Kier molecular flexibility index (Phi) is 7.08. The lowest BCUT2D eigenvalue weighted by Gasteiger charge is -2.15. The van der Waals surface area contributed by atoms with Gasteiger partial charge in [0.15, 0.2) is 0 Å². The van der Waals surface area contributed by atoms with Crippen molar-refractivity contribution in [2.45, 2.75) is 50.0 Å². The highest BCUT2D eigenvalue weighted by atomic mass is 35.5. The molecule has 2 unspecified atom stereocenters. The van der Waals surface area contributed by atoms with Gasteiger partial charge in [-0.15, -0.1) is 11.8 Å². The van der Waals surface area contributed by atoms with E-state index >= 15 is 0 Å². The minimum atomic E-state index is -0.320. The molecular weight excluding hydrogens is 266 g/mol. The van der Waals surface area contributed by atoms with Gasteiger partial charge < -0.3 is 10.4 Å². The molecule has 0 amide bonds. The van der Waals surface area contributed by atoms with E-state index in [0.717, 1.165) is 35.0 Å². The van der Waals surface area contributed by atoms with Crippen molar-refractivity contribution in [3.05, 3.63) is 28.8 Å². The van der Waals surface area contributed by atoms with E-state index in [4.69, 9.17) is 11.6 Å². The average Bonchev–Trinajstić information content (AvgIpc) is 2.32. The molecule has 0 fully saturated rings. The molecule has 0 aromatic heterocycles. The third kappa shape index (κ3) is 5.19. The Bertz CT molecular complexity index is 371. The zero-order chi connectivity index (χ0) is 13.5. The van der Waals surface area contributed by atoms with Crippen molar-refractivity contribution < 1.29 is 5.11 Å². The zero-order valence-corrected chi connectivity index (χ0v) is 12.8. The predicted molar refractivity (Wildman–Crippen MR) is 80.4 cm³/mol. The molecule has 1 aromatic rings. The van der Waals surface area contributed by atoms with E-state index in [1.54, 1.807) is 11.8 Å². The molecule has 0 aliphatic carbocycles. The Labute approximate surface area is 119 Å². The van der Waals surface area contributed by atoms with Crippen molar-refractivity contribution in [2.75, 3.05) is 6.54 Å². The van der Waals surface area contributed by atoms with Crippen molar-refractivity contribution in [1.82, 2.24) is 5.32 Å². The fourth-order valence-electron chi connectivity index (χ4n) is 1.46. The quantitative estimate of drug-likeness (QED) is 0.592. The second-order valence-corrected chi connectivity index (χ2v) is 6.35. The number of rotatable bonds is 7. The molecule has 102 valence electrons. The van der Waals surface area contributed by atoms with Crippen LogP contribution in [0.1, 0.15) is 32.8 Å². The van der Waals surface area contributed by atoms with Crippen LogP contribution in [0.25, 0.3) is 0 Å². The maximum absolute atomic E-state index is 9.49. The fraction of sp³-hybridized carbons (Fsp3) is 0.571. The molecule has 0 radical (unpaired) electrons. The van der Waals surface area contributed by atoms with Crippen LogP contribution in [0.15, 0.2) is 23.1 Å². The summed E-state index contributed by atoms with van der Waals surface area (Å²) >= 11 is 7.90. The molecule has 2 atom stereocenters. The highest BCUT2D eigenvalue weighted by Gasteiger charge is 2.11. The van der Waals surface area contributed by atoms with Gasteiger partial charge in [0.2, 0.25) is 0 Å². The number of nitrogens with one attached hydrogen (secondary N) is 1. The summed E-state index contributed by atoms with van der Waals surface area (Å²) in [6, 6.07) is 6.11. The maximum Gasteiger partial charge on any atom is 0.0631 e. The minimum Gasteiger partial charge on any atom is -0.392 e. The first-order valence-corrected chi connectivity index (χ1v) is 7.64. The molecule has 0 heterocycles. The molecule has 0 saturated heterocycles. The Morgan fingerprint density at radius 1 is 1.39 bits per heavy atom. The van der Waals surface area contributed by atoms with E-state index in [2.05, 4.69) is 24.4 Å². The summed E-state index contributed by atoms with van der Waals surface area (Å²) in [5.41, 5.74) is 1.12. The third-order valence-corrected chi connectivity index (χ3v) is 4.41. The first-order chi connectivity index (χ1) is 8.54. The molecule has 4 heteroatoms. The average molecular weight is 288 g/mol. The van der Waals surface area contributed by atoms with E-state index in [0.29, 0.717) is 0 Å². The van der Waals surface area contributed by atoms with Crippen molar-refractivity contribution in [3.63, 3.8) is 0 Å². The Hall–Kier alpha value is -0.220. The van der Waals surface area contributed by atoms with Crippen LogP contribution in [0.4, 0.5) is 0 Å². The molecule has 0 spiro atoms. The van der Waals surface area contributed by atoms with Gasteiger partial charge in [-0.05, 0) is 37.6 Å². The Balaban J connectivity index is 2.61. The standard InChI is InChI=1S/C14H22ClNOS/c1-4-7-16-9-12-5-6-13(8-14(12)15)18-11(3)10(2)17/h5-6,8,10-11,16-17H,4,7,9H2,1-3H3. The SMILES string of the molecule is CCCNCc1ccc(SC(C)C(C)O)cc1Cl. The number of benzene rings is 1. The van der Waals surface area contributed by atoms with Crippen LogP contribution in [-0.4, -0.2) is 23.0 Å². The molecule has 1 rings (SSSR count).